The topological polar surface area (TPSA) is 109 Å². The van der Waals surface area contributed by atoms with Crippen LogP contribution in [0.25, 0.3) is 0 Å². The molecule has 0 amide bonds. The van der Waals surface area contributed by atoms with Gasteiger partial charge < -0.3 is 10.7 Å². The fourth-order valence-corrected chi connectivity index (χ4v) is 2.56. The first-order valence-corrected chi connectivity index (χ1v) is 6.41. The molecule has 0 saturated carbocycles. The first kappa shape index (κ1) is 13.6. The Morgan fingerprint density at radius 2 is 2.32 bits per heavy atom. The lowest BCUT2D eigenvalue weighted by atomic mass is 10.2. The molecule has 2 aromatic heterocycles. The van der Waals surface area contributed by atoms with E-state index in [1.165, 1.54) is 12.3 Å². The molecule has 0 aromatic carbocycles. The molecule has 0 unspecified atom stereocenters. The molecule has 6 nitrogen and oxygen atoms in total. The van der Waals surface area contributed by atoms with Gasteiger partial charge in [-0.2, -0.15) is 0 Å². The number of H-pyrrole nitrogens is 1. The number of amidine groups is 1. The molecule has 4 N–H and O–H groups in total. The van der Waals surface area contributed by atoms with Gasteiger partial charge in [0.1, 0.15) is 10.9 Å². The Morgan fingerprint density at radius 3 is 2.95 bits per heavy atom. The van der Waals surface area contributed by atoms with Crippen LogP contribution >= 0.6 is 23.4 Å². The maximum atomic E-state index is 11.3. The number of halogens is 1. The predicted octanol–water partition coefficient (Wildman–Crippen LogP) is 1.56. The third-order valence-electron chi connectivity index (χ3n) is 2.19. The van der Waals surface area contributed by atoms with Crippen LogP contribution in [0, 0.1) is 12.3 Å². The second-order valence-electron chi connectivity index (χ2n) is 3.69. The van der Waals surface area contributed by atoms with Crippen LogP contribution in [-0.2, 0) is 0 Å². The fraction of sp³-hybridized carbons (Fsp3) is 0.0909. The van der Waals surface area contributed by atoms with Gasteiger partial charge in [-0.3, -0.25) is 10.2 Å². The summed E-state index contributed by atoms with van der Waals surface area (Å²) in [4.78, 5) is 22.2. The molecule has 2 rings (SSSR count). The number of pyridine rings is 1. The van der Waals surface area contributed by atoms with E-state index in [0.717, 1.165) is 11.8 Å². The number of nitrogen functional groups attached to an aromatic ring is 1. The van der Waals surface area contributed by atoms with E-state index in [1.807, 2.05) is 0 Å². The van der Waals surface area contributed by atoms with Gasteiger partial charge in [-0.05, 0) is 24.8 Å². The van der Waals surface area contributed by atoms with Gasteiger partial charge in [0.15, 0.2) is 5.16 Å². The van der Waals surface area contributed by atoms with Crippen molar-refractivity contribution in [2.45, 2.75) is 17.1 Å². The van der Waals surface area contributed by atoms with E-state index >= 15 is 0 Å². The molecular formula is C11H10ClN5OS. The van der Waals surface area contributed by atoms with Crippen LogP contribution in [0.15, 0.2) is 33.3 Å². The van der Waals surface area contributed by atoms with Crippen molar-refractivity contribution < 1.29 is 0 Å². The number of aromatic amines is 1. The summed E-state index contributed by atoms with van der Waals surface area (Å²) in [6.07, 6.45) is 1.50. The van der Waals surface area contributed by atoms with Crippen LogP contribution in [0.5, 0.6) is 0 Å². The average molecular weight is 296 g/mol. The number of hydrogen-bond donors (Lipinski definition) is 3. The summed E-state index contributed by atoms with van der Waals surface area (Å²) in [6, 6.07) is 2.95. The van der Waals surface area contributed by atoms with Gasteiger partial charge in [0, 0.05) is 23.5 Å². The van der Waals surface area contributed by atoms with E-state index in [1.54, 1.807) is 13.0 Å². The minimum absolute atomic E-state index is 0.139. The van der Waals surface area contributed by atoms with E-state index in [-0.39, 0.29) is 16.4 Å². The minimum Gasteiger partial charge on any atom is -0.384 e. The Bertz CT molecular complexity index is 700. The SMILES string of the molecule is Cc1cc(=O)[nH]c(Sc2nccc(C(=N)N)c2Cl)n1. The maximum Gasteiger partial charge on any atom is 0.251 e. The zero-order chi connectivity index (χ0) is 14.0. The van der Waals surface area contributed by atoms with E-state index in [4.69, 9.17) is 22.7 Å². The standard InChI is InChI=1S/C11H10ClN5OS/c1-5-4-7(18)17-11(16-5)19-10-8(12)6(9(13)14)2-3-15-10/h2-4H,1H3,(H3,13,14)(H,16,17,18). The number of aromatic nitrogens is 3. The van der Waals surface area contributed by atoms with Crippen molar-refractivity contribution in [1.29, 1.82) is 5.41 Å². The molecule has 0 aliphatic heterocycles. The first-order valence-electron chi connectivity index (χ1n) is 5.22. The van der Waals surface area contributed by atoms with Crippen molar-refractivity contribution in [2.24, 2.45) is 5.73 Å². The summed E-state index contributed by atoms with van der Waals surface area (Å²) in [5.74, 6) is -0.139. The summed E-state index contributed by atoms with van der Waals surface area (Å²) in [7, 11) is 0. The summed E-state index contributed by atoms with van der Waals surface area (Å²) in [5, 5.41) is 8.49. The molecule has 0 aliphatic carbocycles. The van der Waals surface area contributed by atoms with Crippen LogP contribution in [0.2, 0.25) is 5.02 Å². The number of hydrogen-bond acceptors (Lipinski definition) is 5. The molecule has 2 aromatic rings. The van der Waals surface area contributed by atoms with Crippen molar-refractivity contribution >= 4 is 29.2 Å². The van der Waals surface area contributed by atoms with Gasteiger partial charge in [-0.1, -0.05) is 11.6 Å². The van der Waals surface area contributed by atoms with Gasteiger partial charge in [0.05, 0.1) is 5.02 Å². The summed E-state index contributed by atoms with van der Waals surface area (Å²) in [6.45, 7) is 1.72. The lowest BCUT2D eigenvalue weighted by molar-refractivity contribution is 0.902. The molecule has 0 spiro atoms. The predicted molar refractivity (Wildman–Crippen MR) is 74.0 cm³/mol. The highest BCUT2D eigenvalue weighted by atomic mass is 35.5. The van der Waals surface area contributed by atoms with Gasteiger partial charge in [-0.25, -0.2) is 9.97 Å². The third-order valence-corrected chi connectivity index (χ3v) is 3.57. The van der Waals surface area contributed by atoms with Crippen LogP contribution in [0.4, 0.5) is 0 Å². The molecule has 2 heterocycles. The number of nitrogens with one attached hydrogen (secondary N) is 2. The molecule has 19 heavy (non-hydrogen) atoms. The second kappa shape index (κ2) is 5.41. The van der Waals surface area contributed by atoms with Crippen molar-refractivity contribution in [3.05, 3.63) is 45.0 Å². The van der Waals surface area contributed by atoms with E-state index in [2.05, 4.69) is 15.0 Å². The van der Waals surface area contributed by atoms with Gasteiger partial charge in [0.25, 0.3) is 5.56 Å². The highest BCUT2D eigenvalue weighted by molar-refractivity contribution is 7.99. The Balaban J connectivity index is 2.41. The Morgan fingerprint density at radius 1 is 1.58 bits per heavy atom. The van der Waals surface area contributed by atoms with Gasteiger partial charge in [-0.15, -0.1) is 0 Å². The molecule has 0 atom stereocenters. The van der Waals surface area contributed by atoms with Crippen LogP contribution in [0.1, 0.15) is 11.3 Å². The Labute approximate surface area is 117 Å². The normalized spacial score (nSPS) is 10.4. The van der Waals surface area contributed by atoms with E-state index < -0.39 is 0 Å². The summed E-state index contributed by atoms with van der Waals surface area (Å²) in [5.41, 5.74) is 6.17. The largest absolute Gasteiger partial charge is 0.384 e. The van der Waals surface area contributed by atoms with Crippen molar-refractivity contribution in [1.82, 2.24) is 15.0 Å². The van der Waals surface area contributed by atoms with Crippen molar-refractivity contribution in [2.75, 3.05) is 0 Å². The number of rotatable bonds is 3. The molecule has 0 bridgehead atoms. The van der Waals surface area contributed by atoms with Crippen LogP contribution in [-0.4, -0.2) is 20.8 Å². The molecule has 0 radical (unpaired) electrons. The highest BCUT2D eigenvalue weighted by Gasteiger charge is 2.12. The quantitative estimate of drug-likeness (QED) is 0.452. The summed E-state index contributed by atoms with van der Waals surface area (Å²) >= 11 is 7.22. The van der Waals surface area contributed by atoms with E-state index in [9.17, 15) is 4.79 Å². The fourth-order valence-electron chi connectivity index (χ4n) is 1.40. The molecule has 0 aliphatic rings. The minimum atomic E-state index is -0.242. The summed E-state index contributed by atoms with van der Waals surface area (Å²) < 4.78 is 0. The number of nitrogens with two attached hydrogens (primary N) is 1. The van der Waals surface area contributed by atoms with Gasteiger partial charge in [0.2, 0.25) is 0 Å². The van der Waals surface area contributed by atoms with Crippen LogP contribution in [0.3, 0.4) is 0 Å². The monoisotopic (exact) mass is 295 g/mol. The zero-order valence-electron chi connectivity index (χ0n) is 9.90. The second-order valence-corrected chi connectivity index (χ2v) is 5.04. The lowest BCUT2D eigenvalue weighted by Gasteiger charge is -2.06. The molecule has 0 saturated heterocycles. The Hall–Kier alpha value is -1.86. The highest BCUT2D eigenvalue weighted by Crippen LogP contribution is 2.30. The smallest absolute Gasteiger partial charge is 0.251 e. The molecule has 0 fully saturated rings. The third kappa shape index (κ3) is 3.12. The Kier molecular flexibility index (Phi) is 3.87. The molecule has 8 heteroatoms. The molecular weight excluding hydrogens is 286 g/mol. The first-order chi connectivity index (χ1) is 8.97. The zero-order valence-corrected chi connectivity index (χ0v) is 11.5. The van der Waals surface area contributed by atoms with Crippen LogP contribution < -0.4 is 11.3 Å². The van der Waals surface area contributed by atoms with Crippen molar-refractivity contribution in [3.63, 3.8) is 0 Å². The average Bonchev–Trinajstić information content (AvgIpc) is 2.30. The lowest BCUT2D eigenvalue weighted by Crippen LogP contribution is -2.12. The number of nitrogens with zero attached hydrogens (tertiary/aromatic N) is 2. The van der Waals surface area contributed by atoms with E-state index in [0.29, 0.717) is 21.4 Å². The van der Waals surface area contributed by atoms with Gasteiger partial charge >= 0.3 is 0 Å². The number of aryl methyl sites for hydroxylation is 1. The van der Waals surface area contributed by atoms with Crippen molar-refractivity contribution in [3.8, 4) is 0 Å². The molecule has 98 valence electrons. The maximum absolute atomic E-state index is 11.3.